The number of ether oxygens (including phenoxy) is 1. The number of rotatable bonds is 8. The first-order valence-electron chi connectivity index (χ1n) is 7.82. The van der Waals surface area contributed by atoms with Crippen molar-refractivity contribution in [3.63, 3.8) is 0 Å². The van der Waals surface area contributed by atoms with Crippen molar-refractivity contribution in [1.29, 1.82) is 0 Å². The molecule has 0 amide bonds. The first-order chi connectivity index (χ1) is 13.8. The van der Waals surface area contributed by atoms with Crippen molar-refractivity contribution in [2.24, 2.45) is 0 Å². The van der Waals surface area contributed by atoms with E-state index in [0.29, 0.717) is 0 Å². The number of hydrogen-bond acceptors (Lipinski definition) is 12. The maximum atomic E-state index is 12.0. The zero-order chi connectivity index (χ0) is 22.3. The van der Waals surface area contributed by atoms with Crippen molar-refractivity contribution in [1.82, 2.24) is 19.5 Å². The highest BCUT2D eigenvalue weighted by Gasteiger charge is 2.46. The number of phosphoric ester groups is 1. The van der Waals surface area contributed by atoms with Gasteiger partial charge in [0.2, 0.25) is 0 Å². The summed E-state index contributed by atoms with van der Waals surface area (Å²) in [6, 6.07) is 0. The second-order valence-electron chi connectivity index (χ2n) is 5.87. The van der Waals surface area contributed by atoms with Crippen LogP contribution in [0.5, 0.6) is 0 Å². The van der Waals surface area contributed by atoms with E-state index in [2.05, 4.69) is 23.6 Å². The van der Waals surface area contributed by atoms with E-state index in [9.17, 15) is 28.6 Å². The molecule has 7 N–H and O–H groups in total. The Labute approximate surface area is 166 Å². The molecule has 1 aliphatic heterocycles. The van der Waals surface area contributed by atoms with Crippen molar-refractivity contribution < 1.29 is 56.3 Å². The van der Waals surface area contributed by atoms with Crippen LogP contribution < -0.4 is 5.73 Å². The molecule has 20 heteroatoms. The number of aromatic nitrogens is 4. The third-order valence-corrected chi connectivity index (χ3v) is 7.61. The van der Waals surface area contributed by atoms with Crippen molar-refractivity contribution in [3.8, 4) is 0 Å². The predicted molar refractivity (Wildman–Crippen MR) is 94.1 cm³/mol. The first-order valence-corrected chi connectivity index (χ1v) is 12.3. The van der Waals surface area contributed by atoms with Crippen LogP contribution >= 0.6 is 23.5 Å². The van der Waals surface area contributed by atoms with E-state index in [-0.39, 0.29) is 23.4 Å². The van der Waals surface area contributed by atoms with E-state index < -0.39 is 48.5 Å². The number of nitrogens with two attached hydrogens (primary N) is 1. The summed E-state index contributed by atoms with van der Waals surface area (Å²) in [5.41, 5.74) is 6.23. The first kappa shape index (κ1) is 23.3. The van der Waals surface area contributed by atoms with Gasteiger partial charge in [-0.1, -0.05) is 0 Å². The third kappa shape index (κ3) is 5.48. The van der Waals surface area contributed by atoms with Crippen molar-refractivity contribution in [3.05, 3.63) is 12.7 Å². The van der Waals surface area contributed by atoms with Gasteiger partial charge in [-0.05, 0) is 0 Å². The number of hydrogen-bond donors (Lipinski definition) is 6. The Bertz CT molecular complexity index is 1070. The fourth-order valence-corrected chi connectivity index (χ4v) is 5.92. The molecule has 0 bridgehead atoms. The Hall–Kier alpha value is -1.32. The van der Waals surface area contributed by atoms with E-state index >= 15 is 0 Å². The molecule has 17 nitrogen and oxygen atoms in total. The summed E-state index contributed by atoms with van der Waals surface area (Å²) in [6.45, 7) is -0.680. The number of nitrogens with zero attached hydrogens (tertiary/aromatic N) is 4. The molecule has 168 valence electrons. The van der Waals surface area contributed by atoms with Crippen LogP contribution in [0.3, 0.4) is 0 Å². The van der Waals surface area contributed by atoms with Crippen LogP contribution in [-0.2, 0) is 31.6 Å². The van der Waals surface area contributed by atoms with Gasteiger partial charge in [0.25, 0.3) is 0 Å². The summed E-state index contributed by atoms with van der Waals surface area (Å²) in [5, 5.41) is 9.47. The lowest BCUT2D eigenvalue weighted by Gasteiger charge is -2.21. The molecule has 0 aliphatic carbocycles. The van der Waals surface area contributed by atoms with Gasteiger partial charge in [0.1, 0.15) is 30.3 Å². The minimum absolute atomic E-state index is 0.0975. The average Bonchev–Trinajstić information content (AvgIpc) is 3.15. The standard InChI is InChI=1S/C10H16N5O12P3/c11-9-8-10(13-3-12-9)15(4-14-8)7-1-5(6(2-16)24-7)25-29(20,21)27-30(22,23)26-28(17,18)19/h3-7,16H,1-2H2,(H,20,21)(H,22,23)(H2,11,12,13)(H2,17,18,19)/t5-,6+,7+/m0/s1. The van der Waals surface area contributed by atoms with Crippen LogP contribution in [0, 0.1) is 0 Å². The lowest BCUT2D eigenvalue weighted by Crippen LogP contribution is -2.27. The highest BCUT2D eigenvalue weighted by Crippen LogP contribution is 2.67. The number of nitrogen functional groups attached to an aromatic ring is 1. The third-order valence-electron chi connectivity index (χ3n) is 3.74. The molecule has 0 spiro atoms. The molecule has 2 aromatic rings. The second kappa shape index (κ2) is 8.31. The maximum absolute atomic E-state index is 12.0. The lowest BCUT2D eigenvalue weighted by molar-refractivity contribution is -0.0425. The molecule has 0 saturated carbocycles. The summed E-state index contributed by atoms with van der Waals surface area (Å²) < 4.78 is 53.2. The van der Waals surface area contributed by atoms with Crippen LogP contribution in [0.1, 0.15) is 12.6 Å². The zero-order valence-electron chi connectivity index (χ0n) is 14.6. The molecule has 1 saturated heterocycles. The van der Waals surface area contributed by atoms with Gasteiger partial charge in [0, 0.05) is 6.42 Å². The molecule has 5 atom stereocenters. The Morgan fingerprint density at radius 2 is 1.83 bits per heavy atom. The molecular weight excluding hydrogens is 475 g/mol. The van der Waals surface area contributed by atoms with E-state index in [1.165, 1.54) is 17.2 Å². The van der Waals surface area contributed by atoms with E-state index in [1.54, 1.807) is 0 Å². The summed E-state index contributed by atoms with van der Waals surface area (Å²) in [6.07, 6.45) is -1.12. The monoisotopic (exact) mass is 491 g/mol. The van der Waals surface area contributed by atoms with Crippen molar-refractivity contribution in [2.45, 2.75) is 24.9 Å². The maximum Gasteiger partial charge on any atom is 0.490 e. The minimum Gasteiger partial charge on any atom is -0.394 e. The van der Waals surface area contributed by atoms with Crippen LogP contribution in [-0.4, -0.2) is 63.0 Å². The van der Waals surface area contributed by atoms with E-state index in [1.807, 2.05) is 0 Å². The summed E-state index contributed by atoms with van der Waals surface area (Å²) in [7, 11) is -16.6. The fraction of sp³-hybridized carbons (Fsp3) is 0.500. The van der Waals surface area contributed by atoms with Crippen LogP contribution in [0.2, 0.25) is 0 Å². The molecule has 30 heavy (non-hydrogen) atoms. The predicted octanol–water partition coefficient (Wildman–Crippen LogP) is -0.600. The molecule has 2 unspecified atom stereocenters. The summed E-state index contributed by atoms with van der Waals surface area (Å²) in [4.78, 5) is 47.8. The molecular formula is C10H16N5O12P3. The van der Waals surface area contributed by atoms with Crippen LogP contribution in [0.4, 0.5) is 5.82 Å². The minimum atomic E-state index is -5.67. The number of phosphoric acid groups is 3. The van der Waals surface area contributed by atoms with Crippen LogP contribution in [0.15, 0.2) is 12.7 Å². The Kier molecular flexibility index (Phi) is 6.47. The smallest absolute Gasteiger partial charge is 0.394 e. The van der Waals surface area contributed by atoms with Crippen LogP contribution in [0.25, 0.3) is 11.2 Å². The van der Waals surface area contributed by atoms with Gasteiger partial charge in [-0.25, -0.2) is 28.6 Å². The number of fused-ring (bicyclic) bond motifs is 1. The molecule has 0 aromatic carbocycles. The van der Waals surface area contributed by atoms with Gasteiger partial charge in [-0.3, -0.25) is 9.09 Å². The SMILES string of the molecule is Nc1ncnc2c1ncn2[C@H]1C[C@H](OP(=O)(O)OP(=O)(O)OP(=O)(O)O)[C@@H](CO)O1. The van der Waals surface area contributed by atoms with Gasteiger partial charge in [0.05, 0.1) is 12.9 Å². The van der Waals surface area contributed by atoms with Gasteiger partial charge < -0.3 is 35.2 Å². The van der Waals surface area contributed by atoms with E-state index in [0.717, 1.165) is 0 Å². The fourth-order valence-electron chi connectivity index (χ4n) is 2.70. The second-order valence-corrected chi connectivity index (χ2v) is 10.2. The number of imidazole rings is 1. The highest BCUT2D eigenvalue weighted by molar-refractivity contribution is 7.66. The van der Waals surface area contributed by atoms with E-state index in [4.69, 9.17) is 24.8 Å². The normalized spacial score (nSPS) is 26.5. The largest absolute Gasteiger partial charge is 0.490 e. The quantitative estimate of drug-likeness (QED) is 0.252. The lowest BCUT2D eigenvalue weighted by atomic mass is 10.2. The number of anilines is 1. The molecule has 1 aliphatic rings. The number of aliphatic hydroxyl groups is 1. The summed E-state index contributed by atoms with van der Waals surface area (Å²) >= 11 is 0. The Balaban J connectivity index is 1.76. The Morgan fingerprint density at radius 3 is 2.47 bits per heavy atom. The average molecular weight is 491 g/mol. The highest BCUT2D eigenvalue weighted by atomic mass is 31.3. The molecule has 3 heterocycles. The van der Waals surface area contributed by atoms with Gasteiger partial charge in [-0.2, -0.15) is 8.62 Å². The summed E-state index contributed by atoms with van der Waals surface area (Å²) in [5.74, 6) is 0.0975. The van der Waals surface area contributed by atoms with Gasteiger partial charge in [-0.15, -0.1) is 0 Å². The van der Waals surface area contributed by atoms with Gasteiger partial charge >= 0.3 is 23.5 Å². The molecule has 2 aromatic heterocycles. The molecule has 0 radical (unpaired) electrons. The van der Waals surface area contributed by atoms with Gasteiger partial charge in [0.15, 0.2) is 11.5 Å². The molecule has 3 rings (SSSR count). The van der Waals surface area contributed by atoms with Crippen molar-refractivity contribution >= 4 is 40.4 Å². The molecule has 1 fully saturated rings. The topological polar surface area (TPSA) is 259 Å². The Morgan fingerprint density at radius 1 is 1.13 bits per heavy atom. The zero-order valence-corrected chi connectivity index (χ0v) is 17.3. The van der Waals surface area contributed by atoms with Crippen molar-refractivity contribution in [2.75, 3.05) is 12.3 Å². The number of aliphatic hydroxyl groups excluding tert-OH is 1.